The van der Waals surface area contributed by atoms with E-state index in [9.17, 15) is 8.78 Å². The van der Waals surface area contributed by atoms with Crippen LogP contribution in [0.15, 0.2) is 18.2 Å². The standard InChI is InChI=1S/C15H21F2NO/c1-9-6-13(7-10(2)19-9)18-11(3)14-8-12(16)4-5-15(14)17/h4-5,8-11,13,18H,6-7H2,1-3H3. The fourth-order valence-corrected chi connectivity index (χ4v) is 2.83. The first kappa shape index (κ1) is 14.4. The van der Waals surface area contributed by atoms with E-state index in [-0.39, 0.29) is 30.1 Å². The fraction of sp³-hybridized carbons (Fsp3) is 0.600. The maximum Gasteiger partial charge on any atom is 0.128 e. The third-order valence-corrected chi connectivity index (χ3v) is 3.61. The molecule has 0 aromatic heterocycles. The zero-order valence-electron chi connectivity index (χ0n) is 11.6. The second-order valence-corrected chi connectivity index (χ2v) is 5.48. The molecule has 0 spiro atoms. The van der Waals surface area contributed by atoms with E-state index < -0.39 is 5.82 Å². The minimum atomic E-state index is -0.404. The van der Waals surface area contributed by atoms with Crippen molar-refractivity contribution in [2.75, 3.05) is 0 Å². The van der Waals surface area contributed by atoms with Crippen LogP contribution in [0.3, 0.4) is 0 Å². The Morgan fingerprint density at radius 3 is 2.47 bits per heavy atom. The zero-order valence-corrected chi connectivity index (χ0v) is 11.6. The Morgan fingerprint density at radius 2 is 1.84 bits per heavy atom. The Labute approximate surface area is 113 Å². The molecule has 1 heterocycles. The lowest BCUT2D eigenvalue weighted by Crippen LogP contribution is -2.42. The molecule has 0 aliphatic carbocycles. The third kappa shape index (κ3) is 3.74. The molecule has 3 unspecified atom stereocenters. The van der Waals surface area contributed by atoms with E-state index in [0.29, 0.717) is 5.56 Å². The molecule has 1 aromatic carbocycles. The van der Waals surface area contributed by atoms with E-state index in [0.717, 1.165) is 18.9 Å². The van der Waals surface area contributed by atoms with Gasteiger partial charge in [-0.3, -0.25) is 0 Å². The van der Waals surface area contributed by atoms with E-state index in [1.807, 2.05) is 20.8 Å². The van der Waals surface area contributed by atoms with Crippen molar-refractivity contribution in [3.63, 3.8) is 0 Å². The number of ether oxygens (including phenoxy) is 1. The van der Waals surface area contributed by atoms with Gasteiger partial charge in [0, 0.05) is 17.6 Å². The van der Waals surface area contributed by atoms with Crippen molar-refractivity contribution in [2.45, 2.75) is 57.9 Å². The summed E-state index contributed by atoms with van der Waals surface area (Å²) in [5, 5.41) is 3.38. The number of hydrogen-bond donors (Lipinski definition) is 1. The van der Waals surface area contributed by atoms with Gasteiger partial charge in [-0.05, 0) is 51.8 Å². The predicted molar refractivity (Wildman–Crippen MR) is 70.9 cm³/mol. The third-order valence-electron chi connectivity index (χ3n) is 3.61. The van der Waals surface area contributed by atoms with E-state index in [1.165, 1.54) is 12.1 Å². The molecule has 1 saturated heterocycles. The summed E-state index contributed by atoms with van der Waals surface area (Å²) in [5.41, 5.74) is 0.381. The van der Waals surface area contributed by atoms with Crippen molar-refractivity contribution in [3.05, 3.63) is 35.4 Å². The summed E-state index contributed by atoms with van der Waals surface area (Å²) in [4.78, 5) is 0. The van der Waals surface area contributed by atoms with Gasteiger partial charge >= 0.3 is 0 Å². The SMILES string of the molecule is CC1CC(NC(C)c2cc(F)ccc2F)CC(C)O1. The van der Waals surface area contributed by atoms with Gasteiger partial charge in [0.2, 0.25) is 0 Å². The van der Waals surface area contributed by atoms with Gasteiger partial charge in [0.25, 0.3) is 0 Å². The lowest BCUT2D eigenvalue weighted by molar-refractivity contribution is -0.0434. The smallest absolute Gasteiger partial charge is 0.128 e. The van der Waals surface area contributed by atoms with Crippen LogP contribution in [-0.4, -0.2) is 18.2 Å². The highest BCUT2D eigenvalue weighted by Gasteiger charge is 2.26. The Bertz CT molecular complexity index is 428. The fourth-order valence-electron chi connectivity index (χ4n) is 2.83. The molecule has 3 atom stereocenters. The average molecular weight is 269 g/mol. The number of halogens is 2. The molecule has 1 N–H and O–H groups in total. The summed E-state index contributed by atoms with van der Waals surface area (Å²) in [6, 6.07) is 3.65. The van der Waals surface area contributed by atoms with Crippen LogP contribution in [0.25, 0.3) is 0 Å². The van der Waals surface area contributed by atoms with E-state index in [4.69, 9.17) is 4.74 Å². The Morgan fingerprint density at radius 1 is 1.21 bits per heavy atom. The molecule has 4 heteroatoms. The van der Waals surface area contributed by atoms with Crippen LogP contribution in [0.5, 0.6) is 0 Å². The number of hydrogen-bond acceptors (Lipinski definition) is 2. The summed E-state index contributed by atoms with van der Waals surface area (Å²) in [6.07, 6.45) is 2.19. The van der Waals surface area contributed by atoms with Crippen LogP contribution < -0.4 is 5.32 Å². The van der Waals surface area contributed by atoms with Crippen molar-refractivity contribution in [1.29, 1.82) is 0 Å². The molecule has 2 rings (SSSR count). The largest absolute Gasteiger partial charge is 0.375 e. The molecular weight excluding hydrogens is 248 g/mol. The second-order valence-electron chi connectivity index (χ2n) is 5.48. The molecule has 1 fully saturated rings. The van der Waals surface area contributed by atoms with Crippen LogP contribution in [0.1, 0.15) is 45.2 Å². The Kier molecular flexibility index (Phi) is 4.53. The van der Waals surface area contributed by atoms with Gasteiger partial charge < -0.3 is 10.1 Å². The Hall–Kier alpha value is -1.00. The molecule has 2 nitrogen and oxygen atoms in total. The van der Waals surface area contributed by atoms with Gasteiger partial charge in [-0.25, -0.2) is 8.78 Å². The quantitative estimate of drug-likeness (QED) is 0.905. The molecule has 0 radical (unpaired) electrons. The second kappa shape index (κ2) is 5.97. The number of rotatable bonds is 3. The van der Waals surface area contributed by atoms with Crippen molar-refractivity contribution >= 4 is 0 Å². The average Bonchev–Trinajstić information content (AvgIpc) is 2.30. The molecule has 19 heavy (non-hydrogen) atoms. The van der Waals surface area contributed by atoms with Gasteiger partial charge in [0.1, 0.15) is 11.6 Å². The van der Waals surface area contributed by atoms with E-state index in [1.54, 1.807) is 0 Å². The van der Waals surface area contributed by atoms with Crippen molar-refractivity contribution in [3.8, 4) is 0 Å². The highest BCUT2D eigenvalue weighted by atomic mass is 19.1. The molecule has 0 amide bonds. The molecule has 1 aliphatic rings. The highest BCUT2D eigenvalue weighted by Crippen LogP contribution is 2.24. The summed E-state index contributed by atoms with van der Waals surface area (Å²) in [6.45, 7) is 5.94. The lowest BCUT2D eigenvalue weighted by atomic mass is 9.97. The van der Waals surface area contributed by atoms with Crippen LogP contribution in [0.4, 0.5) is 8.78 Å². The number of benzene rings is 1. The molecule has 106 valence electrons. The molecule has 0 bridgehead atoms. The van der Waals surface area contributed by atoms with Crippen molar-refractivity contribution < 1.29 is 13.5 Å². The summed E-state index contributed by atoms with van der Waals surface area (Å²) in [7, 11) is 0. The summed E-state index contributed by atoms with van der Waals surface area (Å²) in [5.74, 6) is -0.770. The zero-order chi connectivity index (χ0) is 14.0. The van der Waals surface area contributed by atoms with Gasteiger partial charge in [-0.15, -0.1) is 0 Å². The van der Waals surface area contributed by atoms with Gasteiger partial charge in [-0.1, -0.05) is 0 Å². The highest BCUT2D eigenvalue weighted by molar-refractivity contribution is 5.22. The normalized spacial score (nSPS) is 29.2. The van der Waals surface area contributed by atoms with Crippen LogP contribution in [0, 0.1) is 11.6 Å². The topological polar surface area (TPSA) is 21.3 Å². The van der Waals surface area contributed by atoms with Crippen molar-refractivity contribution in [1.82, 2.24) is 5.32 Å². The first-order valence-electron chi connectivity index (χ1n) is 6.82. The van der Waals surface area contributed by atoms with Gasteiger partial charge in [-0.2, -0.15) is 0 Å². The molecule has 0 saturated carbocycles. The van der Waals surface area contributed by atoms with Gasteiger partial charge in [0.15, 0.2) is 0 Å². The van der Waals surface area contributed by atoms with Gasteiger partial charge in [0.05, 0.1) is 12.2 Å². The minimum Gasteiger partial charge on any atom is -0.375 e. The molecule has 1 aromatic rings. The van der Waals surface area contributed by atoms with Crippen LogP contribution >= 0.6 is 0 Å². The summed E-state index contributed by atoms with van der Waals surface area (Å²) < 4.78 is 32.6. The number of nitrogens with one attached hydrogen (secondary N) is 1. The monoisotopic (exact) mass is 269 g/mol. The first-order chi connectivity index (χ1) is 8.95. The van der Waals surface area contributed by atoms with Crippen LogP contribution in [-0.2, 0) is 4.74 Å². The first-order valence-corrected chi connectivity index (χ1v) is 6.82. The van der Waals surface area contributed by atoms with E-state index in [2.05, 4.69) is 5.32 Å². The minimum absolute atomic E-state index is 0.200. The van der Waals surface area contributed by atoms with E-state index >= 15 is 0 Å². The van der Waals surface area contributed by atoms with Crippen LogP contribution in [0.2, 0.25) is 0 Å². The molecular formula is C15H21F2NO. The summed E-state index contributed by atoms with van der Waals surface area (Å²) >= 11 is 0. The molecule has 1 aliphatic heterocycles. The lowest BCUT2D eigenvalue weighted by Gasteiger charge is -2.34. The predicted octanol–water partition coefficient (Wildman–Crippen LogP) is 3.57. The maximum absolute atomic E-state index is 13.7. The van der Waals surface area contributed by atoms with Crippen molar-refractivity contribution in [2.24, 2.45) is 0 Å². The maximum atomic E-state index is 13.7. The Balaban J connectivity index is 2.04.